The number of carboxylic acid groups (broad SMARTS) is 1. The quantitative estimate of drug-likeness (QED) is 0.820. The lowest BCUT2D eigenvalue weighted by atomic mass is 9.82. The highest BCUT2D eigenvalue weighted by molar-refractivity contribution is 9.10. The maximum atomic E-state index is 13.8. The van der Waals surface area contributed by atoms with E-state index in [4.69, 9.17) is 0 Å². The molecule has 0 spiro atoms. The summed E-state index contributed by atoms with van der Waals surface area (Å²) in [5, 5.41) is 11.8. The van der Waals surface area contributed by atoms with E-state index in [0.29, 0.717) is 10.9 Å². The van der Waals surface area contributed by atoms with Crippen LogP contribution < -0.4 is 5.32 Å². The minimum absolute atomic E-state index is 0.0686. The van der Waals surface area contributed by atoms with E-state index in [1.807, 2.05) is 12.2 Å². The van der Waals surface area contributed by atoms with E-state index in [-0.39, 0.29) is 17.5 Å². The number of nitrogens with one attached hydrogen (secondary N) is 1. The average Bonchev–Trinajstić information content (AvgIpc) is 3.02. The second kappa shape index (κ2) is 5.26. The average molecular weight is 354 g/mol. The lowest BCUT2D eigenvalue weighted by molar-refractivity contribution is -0.146. The van der Waals surface area contributed by atoms with Crippen molar-refractivity contribution in [3.63, 3.8) is 0 Å². The molecule has 1 aromatic rings. The molecule has 1 amide bonds. The van der Waals surface area contributed by atoms with Crippen molar-refractivity contribution in [2.24, 2.45) is 23.7 Å². The molecule has 0 saturated heterocycles. The molecule has 2 N–H and O–H groups in total. The van der Waals surface area contributed by atoms with Crippen LogP contribution in [-0.4, -0.2) is 17.0 Å². The first kappa shape index (κ1) is 14.3. The maximum absolute atomic E-state index is 13.8. The van der Waals surface area contributed by atoms with Crippen LogP contribution in [0.15, 0.2) is 34.8 Å². The van der Waals surface area contributed by atoms with Crippen LogP contribution in [-0.2, 0) is 9.59 Å². The number of hydrogen-bond acceptors (Lipinski definition) is 2. The zero-order valence-electron chi connectivity index (χ0n) is 10.9. The molecule has 6 heteroatoms. The summed E-state index contributed by atoms with van der Waals surface area (Å²) in [5.41, 5.74) is 0.0686. The number of carboxylic acids is 1. The molecule has 1 aromatic carbocycles. The molecule has 1 saturated carbocycles. The Hall–Kier alpha value is -1.69. The first-order valence-electron chi connectivity index (χ1n) is 6.64. The highest BCUT2D eigenvalue weighted by Gasteiger charge is 2.51. The summed E-state index contributed by atoms with van der Waals surface area (Å²) < 4.78 is 14.3. The van der Waals surface area contributed by atoms with Crippen LogP contribution in [0, 0.1) is 29.5 Å². The van der Waals surface area contributed by atoms with Gasteiger partial charge >= 0.3 is 5.97 Å². The summed E-state index contributed by atoms with van der Waals surface area (Å²) in [5.74, 6) is -3.49. The zero-order chi connectivity index (χ0) is 15.1. The van der Waals surface area contributed by atoms with Gasteiger partial charge in [-0.3, -0.25) is 9.59 Å². The summed E-state index contributed by atoms with van der Waals surface area (Å²) in [6, 6.07) is 4.33. The van der Waals surface area contributed by atoms with E-state index in [1.54, 1.807) is 6.07 Å². The van der Waals surface area contributed by atoms with Crippen LogP contribution in [0.2, 0.25) is 0 Å². The molecule has 0 aliphatic heterocycles. The SMILES string of the molecule is O=C(O)[C@@H]1[C@H](C(=O)Nc2ccc(Br)cc2F)[C@H]2C=C[C@H]1C2. The minimum atomic E-state index is -0.969. The number of carbonyl (C=O) groups excluding carboxylic acids is 1. The number of halogens is 2. The molecule has 4 atom stereocenters. The standard InChI is InChI=1S/C15H13BrFNO3/c16-9-3-4-11(10(17)6-9)18-14(19)12-7-1-2-8(5-7)13(12)15(20)21/h1-4,6-8,12-13H,5H2,(H,18,19)(H,20,21)/t7-,8-,12+,13-/m0/s1. The second-order valence-electron chi connectivity index (χ2n) is 5.45. The number of allylic oxidation sites excluding steroid dienone is 2. The van der Waals surface area contributed by atoms with Crippen LogP contribution in [0.5, 0.6) is 0 Å². The molecular formula is C15H13BrFNO3. The Morgan fingerprint density at radius 3 is 2.52 bits per heavy atom. The molecule has 1 fully saturated rings. The Morgan fingerprint density at radius 1 is 1.24 bits per heavy atom. The number of rotatable bonds is 3. The summed E-state index contributed by atoms with van der Waals surface area (Å²) >= 11 is 3.14. The third-order valence-electron chi connectivity index (χ3n) is 4.24. The number of benzene rings is 1. The second-order valence-corrected chi connectivity index (χ2v) is 6.37. The third-order valence-corrected chi connectivity index (χ3v) is 4.73. The summed E-state index contributed by atoms with van der Waals surface area (Å²) in [6.07, 6.45) is 4.44. The van der Waals surface area contributed by atoms with Gasteiger partial charge in [0.2, 0.25) is 5.91 Å². The summed E-state index contributed by atoms with van der Waals surface area (Å²) in [4.78, 5) is 23.7. The fourth-order valence-electron chi connectivity index (χ4n) is 3.32. The molecule has 21 heavy (non-hydrogen) atoms. The molecule has 0 radical (unpaired) electrons. The first-order chi connectivity index (χ1) is 9.97. The van der Waals surface area contributed by atoms with Gasteiger partial charge in [0.05, 0.1) is 17.5 Å². The van der Waals surface area contributed by atoms with E-state index in [9.17, 15) is 19.1 Å². The van der Waals surface area contributed by atoms with Crippen molar-refractivity contribution < 1.29 is 19.1 Å². The van der Waals surface area contributed by atoms with Crippen LogP contribution in [0.25, 0.3) is 0 Å². The molecule has 0 heterocycles. The number of hydrogen-bond donors (Lipinski definition) is 2. The van der Waals surface area contributed by atoms with E-state index in [0.717, 1.165) is 0 Å². The lowest BCUT2D eigenvalue weighted by Crippen LogP contribution is -2.36. The monoisotopic (exact) mass is 353 g/mol. The van der Waals surface area contributed by atoms with E-state index < -0.39 is 29.5 Å². The number of amides is 1. The molecule has 0 unspecified atom stereocenters. The Bertz CT molecular complexity index is 646. The van der Waals surface area contributed by atoms with E-state index in [1.165, 1.54) is 12.1 Å². The Balaban J connectivity index is 1.82. The highest BCUT2D eigenvalue weighted by Crippen LogP contribution is 2.48. The van der Waals surface area contributed by atoms with Gasteiger partial charge in [0.25, 0.3) is 0 Å². The normalized spacial score (nSPS) is 29.6. The number of fused-ring (bicyclic) bond motifs is 2. The van der Waals surface area contributed by atoms with Crippen LogP contribution in [0.3, 0.4) is 0 Å². The Morgan fingerprint density at radius 2 is 1.90 bits per heavy atom. The van der Waals surface area contributed by atoms with Gasteiger partial charge in [-0.15, -0.1) is 0 Å². The number of carbonyl (C=O) groups is 2. The van der Waals surface area contributed by atoms with Crippen molar-refractivity contribution in [1.29, 1.82) is 0 Å². The zero-order valence-corrected chi connectivity index (χ0v) is 12.5. The maximum Gasteiger partial charge on any atom is 0.307 e. The van der Waals surface area contributed by atoms with Crippen molar-refractivity contribution >= 4 is 33.5 Å². The van der Waals surface area contributed by atoms with Crippen molar-refractivity contribution in [1.82, 2.24) is 0 Å². The van der Waals surface area contributed by atoms with Crippen molar-refractivity contribution in [2.45, 2.75) is 6.42 Å². The summed E-state index contributed by atoms with van der Waals surface area (Å²) in [6.45, 7) is 0. The number of anilines is 1. The summed E-state index contributed by atoms with van der Waals surface area (Å²) in [7, 11) is 0. The fraction of sp³-hybridized carbons (Fsp3) is 0.333. The molecule has 3 rings (SSSR count). The third kappa shape index (κ3) is 2.48. The molecule has 0 aromatic heterocycles. The molecule has 4 nitrogen and oxygen atoms in total. The molecule has 2 aliphatic carbocycles. The molecule has 2 aliphatic rings. The van der Waals surface area contributed by atoms with Gasteiger partial charge in [-0.2, -0.15) is 0 Å². The van der Waals surface area contributed by atoms with Crippen molar-refractivity contribution in [2.75, 3.05) is 5.32 Å². The van der Waals surface area contributed by atoms with Crippen molar-refractivity contribution in [3.05, 3.63) is 40.6 Å². The van der Waals surface area contributed by atoms with Gasteiger partial charge in [-0.05, 0) is 36.5 Å². The van der Waals surface area contributed by atoms with Gasteiger partial charge in [0, 0.05) is 4.47 Å². The Labute approximate surface area is 129 Å². The number of aliphatic carboxylic acids is 1. The Kier molecular flexibility index (Phi) is 3.57. The van der Waals surface area contributed by atoms with Gasteiger partial charge in [-0.25, -0.2) is 4.39 Å². The smallest absolute Gasteiger partial charge is 0.307 e. The van der Waals surface area contributed by atoms with Gasteiger partial charge in [0.15, 0.2) is 0 Å². The van der Waals surface area contributed by atoms with Crippen LogP contribution in [0.4, 0.5) is 10.1 Å². The van der Waals surface area contributed by atoms with Crippen LogP contribution in [0.1, 0.15) is 6.42 Å². The van der Waals surface area contributed by atoms with E-state index >= 15 is 0 Å². The molecule has 110 valence electrons. The van der Waals surface area contributed by atoms with E-state index in [2.05, 4.69) is 21.2 Å². The highest BCUT2D eigenvalue weighted by atomic mass is 79.9. The lowest BCUT2D eigenvalue weighted by Gasteiger charge is -2.23. The molecular weight excluding hydrogens is 341 g/mol. The van der Waals surface area contributed by atoms with Crippen molar-refractivity contribution in [3.8, 4) is 0 Å². The van der Waals surface area contributed by atoms with Crippen LogP contribution >= 0.6 is 15.9 Å². The van der Waals surface area contributed by atoms with Gasteiger partial charge in [0.1, 0.15) is 5.82 Å². The minimum Gasteiger partial charge on any atom is -0.481 e. The molecule has 2 bridgehead atoms. The topological polar surface area (TPSA) is 66.4 Å². The predicted octanol–water partition coefficient (Wildman–Crippen LogP) is 3.05. The fourth-order valence-corrected chi connectivity index (χ4v) is 3.66. The predicted molar refractivity (Wildman–Crippen MR) is 78.1 cm³/mol. The first-order valence-corrected chi connectivity index (χ1v) is 7.43. The van der Waals surface area contributed by atoms with Gasteiger partial charge in [-0.1, -0.05) is 28.1 Å². The largest absolute Gasteiger partial charge is 0.481 e. The van der Waals surface area contributed by atoms with Gasteiger partial charge < -0.3 is 10.4 Å².